The number of rotatable bonds is 4. The van der Waals surface area contributed by atoms with E-state index in [1.807, 2.05) is 19.9 Å². The van der Waals surface area contributed by atoms with Crippen molar-refractivity contribution in [2.24, 2.45) is 0 Å². The Morgan fingerprint density at radius 3 is 2.53 bits per heavy atom. The van der Waals surface area contributed by atoms with Crippen LogP contribution < -0.4 is 5.32 Å². The lowest BCUT2D eigenvalue weighted by Crippen LogP contribution is -2.13. The number of nitrogens with one attached hydrogen (secondary N) is 1. The van der Waals surface area contributed by atoms with Crippen LogP contribution in [0.1, 0.15) is 35.5 Å². The second kappa shape index (κ2) is 5.43. The van der Waals surface area contributed by atoms with Crippen LogP contribution in [0.5, 0.6) is 0 Å². The number of hydrogen-bond donors (Lipinski definition) is 2. The molecule has 1 rings (SSSR count). The molecule has 0 unspecified atom stereocenters. The topological polar surface area (TPSA) is 75.1 Å². The number of hydrogen-bond acceptors (Lipinski definition) is 4. The molecule has 0 bridgehead atoms. The van der Waals surface area contributed by atoms with Crippen molar-refractivity contribution in [2.45, 2.75) is 27.7 Å². The zero-order valence-electron chi connectivity index (χ0n) is 10.5. The van der Waals surface area contributed by atoms with Gasteiger partial charge in [-0.1, -0.05) is 11.6 Å². The van der Waals surface area contributed by atoms with Gasteiger partial charge in [-0.25, -0.2) is 4.79 Å². The zero-order chi connectivity index (χ0) is 13.0. The molecule has 1 aromatic heterocycles. The maximum atomic E-state index is 11.2. The third-order valence-electron chi connectivity index (χ3n) is 2.45. The Kier molecular flexibility index (Phi) is 4.20. The Balaban J connectivity index is 3.03. The predicted octanol–water partition coefficient (Wildman–Crippen LogP) is 2.17. The van der Waals surface area contributed by atoms with E-state index in [4.69, 9.17) is 5.11 Å². The average Bonchev–Trinajstić information content (AvgIpc) is 2.22. The van der Waals surface area contributed by atoms with Gasteiger partial charge in [0.1, 0.15) is 5.56 Å². The summed E-state index contributed by atoms with van der Waals surface area (Å²) in [5.41, 5.74) is 2.63. The normalized spacial score (nSPS) is 9.88. The molecule has 92 valence electrons. The highest BCUT2D eigenvalue weighted by atomic mass is 16.4. The van der Waals surface area contributed by atoms with Crippen molar-refractivity contribution in [3.8, 4) is 0 Å². The van der Waals surface area contributed by atoms with Gasteiger partial charge in [0.2, 0.25) is 0 Å². The summed E-state index contributed by atoms with van der Waals surface area (Å²) in [5, 5.41) is 19.9. The van der Waals surface area contributed by atoms with Gasteiger partial charge >= 0.3 is 5.97 Å². The highest BCUT2D eigenvalue weighted by Crippen LogP contribution is 2.18. The first-order valence-corrected chi connectivity index (χ1v) is 5.38. The lowest BCUT2D eigenvalue weighted by atomic mass is 10.1. The molecule has 0 aliphatic carbocycles. The SMILES string of the molecule is CC(C)=CCNc1nnc(C)c(C)c1C(=O)O. The molecular weight excluding hydrogens is 218 g/mol. The molecule has 0 aliphatic heterocycles. The van der Waals surface area contributed by atoms with Gasteiger partial charge < -0.3 is 10.4 Å². The number of anilines is 1. The molecule has 1 aromatic rings. The van der Waals surface area contributed by atoms with Gasteiger partial charge in [0.25, 0.3) is 0 Å². The summed E-state index contributed by atoms with van der Waals surface area (Å²) in [6.07, 6.45) is 1.96. The number of aromatic nitrogens is 2. The molecule has 0 amide bonds. The first-order valence-electron chi connectivity index (χ1n) is 5.38. The van der Waals surface area contributed by atoms with Crippen LogP contribution in [0, 0.1) is 13.8 Å². The van der Waals surface area contributed by atoms with E-state index in [2.05, 4.69) is 15.5 Å². The molecule has 5 nitrogen and oxygen atoms in total. The molecule has 0 saturated heterocycles. The molecule has 0 aliphatic rings. The monoisotopic (exact) mass is 235 g/mol. The van der Waals surface area contributed by atoms with Crippen molar-refractivity contribution in [3.05, 3.63) is 28.5 Å². The molecule has 0 saturated carbocycles. The predicted molar refractivity (Wildman–Crippen MR) is 66.4 cm³/mol. The van der Waals surface area contributed by atoms with E-state index in [1.54, 1.807) is 13.8 Å². The maximum absolute atomic E-state index is 11.2. The maximum Gasteiger partial charge on any atom is 0.339 e. The van der Waals surface area contributed by atoms with E-state index in [9.17, 15) is 4.79 Å². The van der Waals surface area contributed by atoms with E-state index in [0.29, 0.717) is 23.6 Å². The van der Waals surface area contributed by atoms with Crippen LogP contribution in [0.25, 0.3) is 0 Å². The number of aromatic carboxylic acids is 1. The molecular formula is C12H17N3O2. The van der Waals surface area contributed by atoms with E-state index < -0.39 is 5.97 Å². The fraction of sp³-hybridized carbons (Fsp3) is 0.417. The van der Waals surface area contributed by atoms with Crippen LogP contribution >= 0.6 is 0 Å². The van der Waals surface area contributed by atoms with Crippen LogP contribution in [0.2, 0.25) is 0 Å². The molecule has 5 heteroatoms. The van der Waals surface area contributed by atoms with Crippen LogP contribution in [-0.4, -0.2) is 27.8 Å². The highest BCUT2D eigenvalue weighted by molar-refractivity contribution is 5.94. The fourth-order valence-electron chi connectivity index (χ4n) is 1.35. The highest BCUT2D eigenvalue weighted by Gasteiger charge is 2.16. The van der Waals surface area contributed by atoms with Crippen molar-refractivity contribution < 1.29 is 9.90 Å². The Morgan fingerprint density at radius 1 is 1.35 bits per heavy atom. The third kappa shape index (κ3) is 3.27. The lowest BCUT2D eigenvalue weighted by Gasteiger charge is -2.09. The van der Waals surface area contributed by atoms with E-state index >= 15 is 0 Å². The van der Waals surface area contributed by atoms with Crippen LogP contribution in [0.15, 0.2) is 11.6 Å². The Labute approximate surface area is 101 Å². The summed E-state index contributed by atoms with van der Waals surface area (Å²) in [5.74, 6) is -0.668. The summed E-state index contributed by atoms with van der Waals surface area (Å²) in [7, 11) is 0. The minimum absolute atomic E-state index is 0.194. The van der Waals surface area contributed by atoms with Crippen LogP contribution in [0.4, 0.5) is 5.82 Å². The quantitative estimate of drug-likeness (QED) is 0.782. The minimum atomic E-state index is -0.986. The molecule has 0 fully saturated rings. The lowest BCUT2D eigenvalue weighted by molar-refractivity contribution is 0.0696. The summed E-state index contributed by atoms with van der Waals surface area (Å²) in [4.78, 5) is 11.2. The minimum Gasteiger partial charge on any atom is -0.478 e. The van der Waals surface area contributed by atoms with Crippen molar-refractivity contribution in [3.63, 3.8) is 0 Å². The summed E-state index contributed by atoms with van der Waals surface area (Å²) >= 11 is 0. The van der Waals surface area contributed by atoms with E-state index in [0.717, 1.165) is 5.57 Å². The van der Waals surface area contributed by atoms with E-state index in [1.165, 1.54) is 0 Å². The number of carboxylic acids is 1. The van der Waals surface area contributed by atoms with Crippen molar-refractivity contribution >= 4 is 11.8 Å². The number of nitrogens with zero attached hydrogens (tertiary/aromatic N) is 2. The summed E-state index contributed by atoms with van der Waals surface area (Å²) in [6, 6.07) is 0. The van der Waals surface area contributed by atoms with E-state index in [-0.39, 0.29) is 5.56 Å². The molecule has 0 radical (unpaired) electrons. The Bertz CT molecular complexity index is 463. The number of aryl methyl sites for hydroxylation is 1. The summed E-state index contributed by atoms with van der Waals surface area (Å²) < 4.78 is 0. The fourth-order valence-corrected chi connectivity index (χ4v) is 1.35. The van der Waals surface area contributed by atoms with Gasteiger partial charge in [-0.05, 0) is 33.3 Å². The second-order valence-electron chi connectivity index (χ2n) is 4.10. The zero-order valence-corrected chi connectivity index (χ0v) is 10.5. The molecule has 1 heterocycles. The van der Waals surface area contributed by atoms with Crippen molar-refractivity contribution in [2.75, 3.05) is 11.9 Å². The molecule has 17 heavy (non-hydrogen) atoms. The first-order chi connectivity index (χ1) is 7.93. The van der Waals surface area contributed by atoms with Crippen molar-refractivity contribution in [1.82, 2.24) is 10.2 Å². The van der Waals surface area contributed by atoms with Gasteiger partial charge in [0.15, 0.2) is 5.82 Å². The molecule has 2 N–H and O–H groups in total. The standard InChI is InChI=1S/C12H17N3O2/c1-7(2)5-6-13-11-10(12(16)17)8(3)9(4)14-15-11/h5H,6H2,1-4H3,(H,13,15)(H,16,17). The molecule has 0 atom stereocenters. The van der Waals surface area contributed by atoms with Gasteiger partial charge in [-0.3, -0.25) is 0 Å². The number of carboxylic acid groups (broad SMARTS) is 1. The van der Waals surface area contributed by atoms with Crippen LogP contribution in [-0.2, 0) is 0 Å². The van der Waals surface area contributed by atoms with Gasteiger partial charge in [-0.15, -0.1) is 5.10 Å². The van der Waals surface area contributed by atoms with Crippen molar-refractivity contribution in [1.29, 1.82) is 0 Å². The molecule has 0 spiro atoms. The van der Waals surface area contributed by atoms with Gasteiger partial charge in [0.05, 0.1) is 5.69 Å². The second-order valence-corrected chi connectivity index (χ2v) is 4.10. The third-order valence-corrected chi connectivity index (χ3v) is 2.45. The average molecular weight is 235 g/mol. The van der Waals surface area contributed by atoms with Gasteiger partial charge in [0, 0.05) is 6.54 Å². The van der Waals surface area contributed by atoms with Gasteiger partial charge in [-0.2, -0.15) is 5.10 Å². The first kappa shape index (κ1) is 13.2. The summed E-state index contributed by atoms with van der Waals surface area (Å²) in [6.45, 7) is 7.98. The molecule has 0 aromatic carbocycles. The number of carbonyl (C=O) groups is 1. The largest absolute Gasteiger partial charge is 0.478 e. The smallest absolute Gasteiger partial charge is 0.339 e. The van der Waals surface area contributed by atoms with Crippen LogP contribution in [0.3, 0.4) is 0 Å². The number of allylic oxidation sites excluding steroid dienone is 1. The Morgan fingerprint density at radius 2 is 2.00 bits per heavy atom. The Hall–Kier alpha value is -1.91.